The van der Waals surface area contributed by atoms with Gasteiger partial charge in [-0.3, -0.25) is 4.79 Å². The second-order valence-electron chi connectivity index (χ2n) is 8.03. The molecule has 1 amide bonds. The van der Waals surface area contributed by atoms with Crippen LogP contribution in [-0.4, -0.2) is 35.5 Å². The van der Waals surface area contributed by atoms with Crippen LogP contribution in [0.1, 0.15) is 39.1 Å². The summed E-state index contributed by atoms with van der Waals surface area (Å²) in [6.45, 7) is 0.798. The number of hydrogen-bond acceptors (Lipinski definition) is 4. The van der Waals surface area contributed by atoms with Gasteiger partial charge in [0.15, 0.2) is 11.5 Å². The molecule has 170 valence electrons. The van der Waals surface area contributed by atoms with Gasteiger partial charge in [0.1, 0.15) is 11.6 Å². The van der Waals surface area contributed by atoms with E-state index in [1.54, 1.807) is 47.4 Å². The Kier molecular flexibility index (Phi) is 6.58. The summed E-state index contributed by atoms with van der Waals surface area (Å²) in [5, 5.41) is 9.07. The number of benzene rings is 3. The van der Waals surface area contributed by atoms with E-state index in [4.69, 9.17) is 14.6 Å². The fourth-order valence-corrected chi connectivity index (χ4v) is 3.54. The van der Waals surface area contributed by atoms with Gasteiger partial charge < -0.3 is 19.5 Å². The molecule has 6 nitrogen and oxygen atoms in total. The minimum absolute atomic E-state index is 0.0369. The number of nitrogens with zero attached hydrogens (tertiary/aromatic N) is 1. The van der Waals surface area contributed by atoms with Crippen molar-refractivity contribution in [1.82, 2.24) is 4.90 Å². The fraction of sp³-hybridized carbons (Fsp3) is 0.231. The lowest BCUT2D eigenvalue weighted by atomic mass is 10.1. The van der Waals surface area contributed by atoms with Crippen molar-refractivity contribution in [3.8, 4) is 17.2 Å². The van der Waals surface area contributed by atoms with Crippen molar-refractivity contribution < 1.29 is 28.6 Å². The van der Waals surface area contributed by atoms with Gasteiger partial charge in [0, 0.05) is 19.2 Å². The first-order chi connectivity index (χ1) is 15.9. The van der Waals surface area contributed by atoms with Crippen LogP contribution in [0.15, 0.2) is 66.7 Å². The van der Waals surface area contributed by atoms with Crippen LogP contribution in [-0.2, 0) is 6.54 Å². The number of rotatable bonds is 9. The first-order valence-corrected chi connectivity index (χ1v) is 10.7. The third kappa shape index (κ3) is 5.49. The van der Waals surface area contributed by atoms with Crippen LogP contribution in [0.2, 0.25) is 0 Å². The summed E-state index contributed by atoms with van der Waals surface area (Å²) in [5.74, 6) is -0.471. The number of amides is 1. The van der Waals surface area contributed by atoms with Gasteiger partial charge in [0.2, 0.25) is 0 Å². The minimum atomic E-state index is -1.01. The highest BCUT2D eigenvalue weighted by Crippen LogP contribution is 2.33. The van der Waals surface area contributed by atoms with Gasteiger partial charge in [0.05, 0.1) is 18.2 Å². The zero-order chi connectivity index (χ0) is 23.4. The highest BCUT2D eigenvalue weighted by molar-refractivity contribution is 5.94. The summed E-state index contributed by atoms with van der Waals surface area (Å²) in [4.78, 5) is 25.9. The molecule has 1 aliphatic rings. The van der Waals surface area contributed by atoms with Crippen LogP contribution in [0.25, 0.3) is 0 Å². The second kappa shape index (κ2) is 9.73. The first kappa shape index (κ1) is 22.3. The summed E-state index contributed by atoms with van der Waals surface area (Å²) in [6, 6.07) is 17.6. The number of halogens is 1. The van der Waals surface area contributed by atoms with Crippen molar-refractivity contribution in [3.63, 3.8) is 0 Å². The monoisotopic (exact) mass is 449 g/mol. The number of carbonyl (C=O) groups excluding carboxylic acids is 1. The van der Waals surface area contributed by atoms with Crippen LogP contribution in [0.5, 0.6) is 17.2 Å². The van der Waals surface area contributed by atoms with Crippen LogP contribution in [0.3, 0.4) is 0 Å². The molecular weight excluding hydrogens is 425 g/mol. The number of carboxylic acid groups (broad SMARTS) is 1. The van der Waals surface area contributed by atoms with E-state index < -0.39 is 17.7 Å². The molecule has 0 saturated heterocycles. The number of carbonyl (C=O) groups is 2. The maximum Gasteiger partial charge on any atom is 0.335 e. The Labute approximate surface area is 191 Å². The first-order valence-electron chi connectivity index (χ1n) is 10.7. The van der Waals surface area contributed by atoms with Gasteiger partial charge in [-0.1, -0.05) is 24.3 Å². The molecule has 4 rings (SSSR count). The van der Waals surface area contributed by atoms with Gasteiger partial charge in [-0.05, 0) is 60.7 Å². The molecule has 1 N–H and O–H groups in total. The Morgan fingerprint density at radius 1 is 1.03 bits per heavy atom. The third-order valence-corrected chi connectivity index (χ3v) is 5.50. The molecule has 0 atom stereocenters. The van der Waals surface area contributed by atoms with Crippen LogP contribution in [0, 0.1) is 11.7 Å². The summed E-state index contributed by atoms with van der Waals surface area (Å²) in [5.41, 5.74) is 0.922. The van der Waals surface area contributed by atoms with Gasteiger partial charge in [-0.2, -0.15) is 0 Å². The maximum atomic E-state index is 15.0. The summed E-state index contributed by atoms with van der Waals surface area (Å²) >= 11 is 0. The Bertz CT molecular complexity index is 1160. The van der Waals surface area contributed by atoms with Gasteiger partial charge in [0.25, 0.3) is 5.91 Å². The summed E-state index contributed by atoms with van der Waals surface area (Å²) < 4.78 is 25.9. The number of methoxy groups -OCH3 is 1. The largest absolute Gasteiger partial charge is 0.493 e. The van der Waals surface area contributed by atoms with Crippen molar-refractivity contribution >= 4 is 11.9 Å². The zero-order valence-electron chi connectivity index (χ0n) is 18.2. The van der Waals surface area contributed by atoms with Gasteiger partial charge in [-0.15, -0.1) is 0 Å². The number of para-hydroxylation sites is 2. The van der Waals surface area contributed by atoms with E-state index in [1.165, 1.54) is 31.4 Å². The summed E-state index contributed by atoms with van der Waals surface area (Å²) in [6.07, 6.45) is 2.08. The summed E-state index contributed by atoms with van der Waals surface area (Å²) in [7, 11) is 1.52. The van der Waals surface area contributed by atoms with Gasteiger partial charge >= 0.3 is 5.97 Å². The van der Waals surface area contributed by atoms with E-state index in [0.717, 1.165) is 18.4 Å². The smallest absolute Gasteiger partial charge is 0.335 e. The molecule has 0 aliphatic heterocycles. The Morgan fingerprint density at radius 2 is 1.73 bits per heavy atom. The Hall–Kier alpha value is -3.87. The number of ether oxygens (including phenoxy) is 2. The van der Waals surface area contributed by atoms with E-state index in [1.807, 2.05) is 0 Å². The minimum Gasteiger partial charge on any atom is -0.493 e. The molecule has 1 aliphatic carbocycles. The molecule has 0 spiro atoms. The van der Waals surface area contributed by atoms with E-state index >= 15 is 0 Å². The molecular formula is C26H24FNO5. The third-order valence-electron chi connectivity index (χ3n) is 5.50. The van der Waals surface area contributed by atoms with Crippen molar-refractivity contribution in [3.05, 3.63) is 89.2 Å². The number of hydrogen-bond donors (Lipinski definition) is 1. The van der Waals surface area contributed by atoms with Crippen LogP contribution in [0.4, 0.5) is 4.39 Å². The molecule has 3 aromatic carbocycles. The lowest BCUT2D eigenvalue weighted by Crippen LogP contribution is -2.33. The normalized spacial score (nSPS) is 12.8. The van der Waals surface area contributed by atoms with Crippen molar-refractivity contribution in [2.45, 2.75) is 19.4 Å². The predicted octanol–water partition coefficient (Wildman–Crippen LogP) is 5.38. The average Bonchev–Trinajstić information content (AvgIpc) is 3.63. The van der Waals surface area contributed by atoms with E-state index in [-0.39, 0.29) is 23.4 Å². The number of aromatic carboxylic acids is 1. The van der Waals surface area contributed by atoms with E-state index in [2.05, 4.69) is 0 Å². The highest BCUT2D eigenvalue weighted by atomic mass is 19.1. The van der Waals surface area contributed by atoms with Crippen molar-refractivity contribution in [2.24, 2.45) is 5.92 Å². The molecule has 0 aromatic heterocycles. The van der Waals surface area contributed by atoms with Crippen molar-refractivity contribution in [1.29, 1.82) is 0 Å². The second-order valence-corrected chi connectivity index (χ2v) is 8.03. The lowest BCUT2D eigenvalue weighted by Gasteiger charge is -2.23. The van der Waals surface area contributed by atoms with Crippen LogP contribution < -0.4 is 9.47 Å². The van der Waals surface area contributed by atoms with E-state index in [9.17, 15) is 14.0 Å². The molecule has 33 heavy (non-hydrogen) atoms. The van der Waals surface area contributed by atoms with Crippen LogP contribution >= 0.6 is 0 Å². The Morgan fingerprint density at radius 3 is 2.33 bits per heavy atom. The van der Waals surface area contributed by atoms with Crippen molar-refractivity contribution in [2.75, 3.05) is 13.7 Å². The quantitative estimate of drug-likeness (QED) is 0.475. The molecule has 1 fully saturated rings. The zero-order valence-corrected chi connectivity index (χ0v) is 18.2. The molecule has 7 heteroatoms. The number of carboxylic acids is 1. The lowest BCUT2D eigenvalue weighted by molar-refractivity contribution is 0.0693. The molecule has 1 saturated carbocycles. The fourth-order valence-electron chi connectivity index (χ4n) is 3.54. The highest BCUT2D eigenvalue weighted by Gasteiger charge is 2.28. The Balaban J connectivity index is 1.52. The van der Waals surface area contributed by atoms with E-state index in [0.29, 0.717) is 24.0 Å². The molecule has 3 aromatic rings. The molecule has 0 bridgehead atoms. The molecule has 0 radical (unpaired) electrons. The average molecular weight is 449 g/mol. The topological polar surface area (TPSA) is 76.1 Å². The van der Waals surface area contributed by atoms with Gasteiger partial charge in [-0.25, -0.2) is 9.18 Å². The molecule has 0 unspecified atom stereocenters. The molecule has 0 heterocycles. The SMILES string of the molecule is COc1ccccc1Oc1ccc(C(=O)N(Cc2ccc(C(=O)O)cc2)CC2CC2)c(F)c1. The predicted molar refractivity (Wildman–Crippen MR) is 120 cm³/mol. The maximum absolute atomic E-state index is 15.0. The standard InChI is InChI=1S/C26H24FNO5/c1-32-23-4-2-3-5-24(23)33-20-12-13-21(22(27)14-20)25(29)28(15-17-6-7-17)16-18-8-10-19(11-9-18)26(30)31/h2-5,8-14,17H,6-7,15-16H2,1H3,(H,30,31).